The van der Waals surface area contributed by atoms with E-state index in [2.05, 4.69) is 15.9 Å². The fourth-order valence-corrected chi connectivity index (χ4v) is 4.85. The Morgan fingerprint density at radius 2 is 1.32 bits per heavy atom. The second kappa shape index (κ2) is 5.78. The molecule has 2 aromatic rings. The van der Waals surface area contributed by atoms with E-state index in [1.807, 2.05) is 50.3 Å². The van der Waals surface area contributed by atoms with Gasteiger partial charge in [-0.25, -0.2) is 4.90 Å². The smallest absolute Gasteiger partial charge is 0.241 e. The summed E-state index contributed by atoms with van der Waals surface area (Å²) >= 11 is 3.39. The van der Waals surface area contributed by atoms with Crippen molar-refractivity contribution in [1.82, 2.24) is 0 Å². The van der Waals surface area contributed by atoms with Gasteiger partial charge in [0.2, 0.25) is 11.8 Å². The standard InChI is InChI=1S/C22H18BrNO4/c1-21-11-12-22(2,28-21)18-17(21)19(25)24(20(18)26)14-5-9-16(10-6-14)27-15-7-3-13(23)4-8-15/h3-12,17-18H,1-2H3. The van der Waals surface area contributed by atoms with E-state index in [1.54, 1.807) is 24.3 Å². The summed E-state index contributed by atoms with van der Waals surface area (Å²) in [4.78, 5) is 27.5. The van der Waals surface area contributed by atoms with Gasteiger partial charge in [-0.2, -0.15) is 0 Å². The molecule has 0 saturated carbocycles. The maximum absolute atomic E-state index is 13.1. The largest absolute Gasteiger partial charge is 0.457 e. The first-order valence-electron chi connectivity index (χ1n) is 9.13. The van der Waals surface area contributed by atoms with E-state index in [0.29, 0.717) is 17.2 Å². The molecule has 2 fully saturated rings. The Morgan fingerprint density at radius 1 is 0.857 bits per heavy atom. The number of hydrogen-bond donors (Lipinski definition) is 0. The zero-order valence-electron chi connectivity index (χ0n) is 15.4. The number of halogens is 1. The molecule has 0 N–H and O–H groups in total. The van der Waals surface area contributed by atoms with Crippen molar-refractivity contribution in [3.05, 3.63) is 65.2 Å². The number of imide groups is 1. The maximum Gasteiger partial charge on any atom is 0.241 e. The lowest BCUT2D eigenvalue weighted by atomic mass is 9.73. The molecule has 2 aromatic carbocycles. The number of anilines is 1. The molecule has 2 amide bonds. The monoisotopic (exact) mass is 439 g/mol. The molecule has 0 aromatic heterocycles. The van der Waals surface area contributed by atoms with Gasteiger partial charge in [-0.15, -0.1) is 0 Å². The van der Waals surface area contributed by atoms with Crippen molar-refractivity contribution >= 4 is 33.4 Å². The van der Waals surface area contributed by atoms with E-state index in [-0.39, 0.29) is 11.8 Å². The van der Waals surface area contributed by atoms with Crippen molar-refractivity contribution in [2.45, 2.75) is 25.0 Å². The summed E-state index contributed by atoms with van der Waals surface area (Å²) < 4.78 is 12.8. The van der Waals surface area contributed by atoms with Gasteiger partial charge in [0.05, 0.1) is 28.7 Å². The SMILES string of the molecule is CC12C=CC(C)(O1)C1C(=O)N(c3ccc(Oc4ccc(Br)cc4)cc3)C(=O)C12. The molecule has 6 heteroatoms. The maximum atomic E-state index is 13.1. The van der Waals surface area contributed by atoms with Crippen LogP contribution in [0.15, 0.2) is 65.2 Å². The minimum Gasteiger partial charge on any atom is -0.457 e. The van der Waals surface area contributed by atoms with Crippen LogP contribution < -0.4 is 9.64 Å². The Bertz CT molecular complexity index is 980. The molecule has 3 aliphatic heterocycles. The molecule has 5 nitrogen and oxygen atoms in total. The highest BCUT2D eigenvalue weighted by Crippen LogP contribution is 2.57. The van der Waals surface area contributed by atoms with Gasteiger partial charge in [0.15, 0.2) is 0 Å². The van der Waals surface area contributed by atoms with Crippen LogP contribution in [-0.2, 0) is 14.3 Å². The molecule has 0 aliphatic carbocycles. The van der Waals surface area contributed by atoms with E-state index >= 15 is 0 Å². The Morgan fingerprint density at radius 3 is 1.82 bits per heavy atom. The van der Waals surface area contributed by atoms with E-state index in [9.17, 15) is 9.59 Å². The number of hydrogen-bond acceptors (Lipinski definition) is 4. The van der Waals surface area contributed by atoms with E-state index < -0.39 is 23.0 Å². The highest BCUT2D eigenvalue weighted by atomic mass is 79.9. The van der Waals surface area contributed by atoms with E-state index in [1.165, 1.54) is 4.90 Å². The predicted molar refractivity (Wildman–Crippen MR) is 107 cm³/mol. The molecule has 4 atom stereocenters. The number of ether oxygens (including phenoxy) is 2. The van der Waals surface area contributed by atoms with Crippen molar-refractivity contribution in [1.29, 1.82) is 0 Å². The van der Waals surface area contributed by atoms with Crippen molar-refractivity contribution in [2.75, 3.05) is 4.90 Å². The lowest BCUT2D eigenvalue weighted by molar-refractivity contribution is -0.128. The quantitative estimate of drug-likeness (QED) is 0.523. The van der Waals surface area contributed by atoms with E-state index in [0.717, 1.165) is 4.47 Å². The molecule has 142 valence electrons. The second-order valence-electron chi connectivity index (χ2n) is 7.82. The molecule has 2 saturated heterocycles. The van der Waals surface area contributed by atoms with Crippen LogP contribution in [0.3, 0.4) is 0 Å². The summed E-state index contributed by atoms with van der Waals surface area (Å²) in [5.41, 5.74) is -0.879. The summed E-state index contributed by atoms with van der Waals surface area (Å²) in [6.07, 6.45) is 3.83. The summed E-state index contributed by atoms with van der Waals surface area (Å²) in [6, 6.07) is 14.5. The Balaban J connectivity index is 1.41. The number of rotatable bonds is 3. The van der Waals surface area contributed by atoms with Gasteiger partial charge >= 0.3 is 0 Å². The molecule has 0 spiro atoms. The number of amides is 2. The second-order valence-corrected chi connectivity index (χ2v) is 8.74. The van der Waals surface area contributed by atoms with Crippen molar-refractivity contribution < 1.29 is 19.1 Å². The molecule has 3 aliphatic rings. The minimum atomic E-state index is -0.717. The lowest BCUT2D eigenvalue weighted by Gasteiger charge is -2.25. The number of carbonyl (C=O) groups excluding carboxylic acids is 2. The van der Waals surface area contributed by atoms with Crippen LogP contribution in [0, 0.1) is 11.8 Å². The highest BCUT2D eigenvalue weighted by molar-refractivity contribution is 9.10. The van der Waals surface area contributed by atoms with Crippen molar-refractivity contribution in [3.63, 3.8) is 0 Å². The van der Waals surface area contributed by atoms with Crippen LogP contribution in [0.2, 0.25) is 0 Å². The van der Waals surface area contributed by atoms with Crippen LogP contribution in [-0.4, -0.2) is 23.0 Å². The van der Waals surface area contributed by atoms with Gasteiger partial charge < -0.3 is 9.47 Å². The van der Waals surface area contributed by atoms with Crippen LogP contribution in [0.1, 0.15) is 13.8 Å². The number of fused-ring (bicyclic) bond motifs is 5. The van der Waals surface area contributed by atoms with Gasteiger partial charge in [-0.05, 0) is 62.4 Å². The molecular weight excluding hydrogens is 422 g/mol. The Kier molecular flexibility index (Phi) is 3.64. The molecular formula is C22H18BrNO4. The third-order valence-electron chi connectivity index (χ3n) is 5.87. The minimum absolute atomic E-state index is 0.202. The first-order valence-corrected chi connectivity index (χ1v) is 9.92. The van der Waals surface area contributed by atoms with Gasteiger partial charge in [0.1, 0.15) is 11.5 Å². The van der Waals surface area contributed by atoms with Gasteiger partial charge in [0.25, 0.3) is 0 Å². The van der Waals surface area contributed by atoms with Crippen LogP contribution >= 0.6 is 15.9 Å². The summed E-state index contributed by atoms with van der Waals surface area (Å²) in [7, 11) is 0. The van der Waals surface area contributed by atoms with Crippen molar-refractivity contribution in [2.24, 2.45) is 11.8 Å². The fourth-order valence-electron chi connectivity index (χ4n) is 4.59. The summed E-state index contributed by atoms with van der Waals surface area (Å²) in [5, 5.41) is 0. The first kappa shape index (κ1) is 17.6. The van der Waals surface area contributed by atoms with Crippen molar-refractivity contribution in [3.8, 4) is 11.5 Å². The third-order valence-corrected chi connectivity index (χ3v) is 6.40. The lowest BCUT2D eigenvalue weighted by Crippen LogP contribution is -2.39. The first-order chi connectivity index (χ1) is 13.3. The highest BCUT2D eigenvalue weighted by Gasteiger charge is 2.70. The molecule has 5 rings (SSSR count). The van der Waals surface area contributed by atoms with Crippen LogP contribution in [0.4, 0.5) is 5.69 Å². The number of nitrogens with zero attached hydrogens (tertiary/aromatic N) is 1. The summed E-state index contributed by atoms with van der Waals surface area (Å²) in [6.45, 7) is 3.76. The zero-order valence-corrected chi connectivity index (χ0v) is 17.0. The summed E-state index contributed by atoms with van der Waals surface area (Å²) in [5.74, 6) is -0.0181. The molecule has 3 heterocycles. The Hall–Kier alpha value is -2.44. The van der Waals surface area contributed by atoms with Crippen LogP contribution in [0.5, 0.6) is 11.5 Å². The topological polar surface area (TPSA) is 55.8 Å². The van der Waals surface area contributed by atoms with E-state index in [4.69, 9.17) is 9.47 Å². The Labute approximate surface area is 171 Å². The van der Waals surface area contributed by atoms with Gasteiger partial charge in [0, 0.05) is 4.47 Å². The molecule has 28 heavy (non-hydrogen) atoms. The predicted octanol–water partition coefficient (Wildman–Crippen LogP) is 4.46. The average Bonchev–Trinajstić information content (AvgIpc) is 3.22. The fraction of sp³-hybridized carbons (Fsp3) is 0.273. The van der Waals surface area contributed by atoms with Gasteiger partial charge in [-0.1, -0.05) is 28.1 Å². The molecule has 2 bridgehead atoms. The van der Waals surface area contributed by atoms with Crippen LogP contribution in [0.25, 0.3) is 0 Å². The number of benzene rings is 2. The normalized spacial score (nSPS) is 32.9. The third kappa shape index (κ3) is 2.41. The average molecular weight is 440 g/mol. The van der Waals surface area contributed by atoms with Gasteiger partial charge in [-0.3, -0.25) is 9.59 Å². The molecule has 4 unspecified atom stereocenters. The zero-order chi connectivity index (χ0) is 19.7. The molecule has 0 radical (unpaired) electrons. The number of carbonyl (C=O) groups is 2.